The lowest BCUT2D eigenvalue weighted by atomic mass is 10.1. The zero-order valence-electron chi connectivity index (χ0n) is 10.6. The molecular weight excluding hydrogens is 240 g/mol. The highest BCUT2D eigenvalue weighted by Crippen LogP contribution is 2.16. The Hall–Kier alpha value is -2.20. The van der Waals surface area contributed by atoms with Crippen molar-refractivity contribution in [3.8, 4) is 0 Å². The van der Waals surface area contributed by atoms with Gasteiger partial charge in [-0.15, -0.1) is 0 Å². The zero-order valence-corrected chi connectivity index (χ0v) is 10.6. The zero-order chi connectivity index (χ0) is 13.5. The van der Waals surface area contributed by atoms with Crippen LogP contribution in [-0.4, -0.2) is 11.5 Å². The van der Waals surface area contributed by atoms with E-state index in [1.54, 1.807) is 12.1 Å². The van der Waals surface area contributed by atoms with Crippen LogP contribution in [0.2, 0.25) is 0 Å². The summed E-state index contributed by atoms with van der Waals surface area (Å²) < 4.78 is 0. The molecule has 2 aromatic rings. The highest BCUT2D eigenvalue weighted by Gasteiger charge is 2.10. The van der Waals surface area contributed by atoms with Crippen molar-refractivity contribution in [3.05, 3.63) is 75.8 Å². The van der Waals surface area contributed by atoms with E-state index < -0.39 is 0 Å². The molecule has 0 aliphatic carbocycles. The van der Waals surface area contributed by atoms with Gasteiger partial charge in [0.2, 0.25) is 0 Å². The Morgan fingerprint density at radius 1 is 1.00 bits per heavy atom. The minimum atomic E-state index is -0.339. The summed E-state index contributed by atoms with van der Waals surface area (Å²) in [6.45, 7) is 1.32. The minimum absolute atomic E-state index is 0.176. The number of hydrogen-bond donors (Lipinski definition) is 1. The van der Waals surface area contributed by atoms with Crippen molar-refractivity contribution >= 4 is 5.69 Å². The van der Waals surface area contributed by atoms with E-state index in [4.69, 9.17) is 0 Å². The van der Waals surface area contributed by atoms with Crippen molar-refractivity contribution in [2.24, 2.45) is 0 Å². The van der Waals surface area contributed by atoms with Crippen molar-refractivity contribution < 1.29 is 4.92 Å². The van der Waals surface area contributed by atoms with Gasteiger partial charge >= 0.3 is 0 Å². The second-order valence-corrected chi connectivity index (χ2v) is 4.30. The number of nitro groups is 1. The molecule has 0 aromatic heterocycles. The molecule has 0 bridgehead atoms. The second kappa shape index (κ2) is 6.66. The molecule has 0 aliphatic heterocycles. The van der Waals surface area contributed by atoms with Gasteiger partial charge in [-0.2, -0.15) is 0 Å². The first-order chi connectivity index (χ1) is 9.27. The maximum atomic E-state index is 10.9. The predicted octanol–water partition coefficient (Wildman–Crippen LogP) is 2.93. The van der Waals surface area contributed by atoms with Gasteiger partial charge in [0.15, 0.2) is 0 Å². The molecule has 0 spiro atoms. The average molecular weight is 256 g/mol. The van der Waals surface area contributed by atoms with Crippen molar-refractivity contribution in [1.82, 2.24) is 5.32 Å². The fourth-order valence-electron chi connectivity index (χ4n) is 1.94. The molecule has 2 aromatic carbocycles. The molecule has 0 amide bonds. The van der Waals surface area contributed by atoms with Gasteiger partial charge in [-0.1, -0.05) is 48.5 Å². The summed E-state index contributed by atoms with van der Waals surface area (Å²) in [6.07, 6.45) is 0.918. The number of nitrogens with one attached hydrogen (secondary N) is 1. The van der Waals surface area contributed by atoms with Crippen LogP contribution in [0.15, 0.2) is 54.6 Å². The summed E-state index contributed by atoms with van der Waals surface area (Å²) in [5, 5.41) is 14.1. The van der Waals surface area contributed by atoms with Gasteiger partial charge in [0.1, 0.15) is 0 Å². The number of para-hydroxylation sites is 1. The van der Waals surface area contributed by atoms with Crippen molar-refractivity contribution in [1.29, 1.82) is 0 Å². The van der Waals surface area contributed by atoms with Gasteiger partial charge in [-0.25, -0.2) is 0 Å². The first-order valence-electron chi connectivity index (χ1n) is 6.24. The van der Waals surface area contributed by atoms with Crippen LogP contribution >= 0.6 is 0 Å². The molecule has 2 rings (SSSR count). The van der Waals surface area contributed by atoms with Crippen LogP contribution in [-0.2, 0) is 13.0 Å². The molecule has 0 saturated heterocycles. The SMILES string of the molecule is O=[N+]([O-])c1ccccc1CNCCc1ccccc1. The summed E-state index contributed by atoms with van der Waals surface area (Å²) >= 11 is 0. The van der Waals surface area contributed by atoms with Gasteiger partial charge in [0.25, 0.3) is 5.69 Å². The van der Waals surface area contributed by atoms with E-state index in [1.165, 1.54) is 11.6 Å². The summed E-state index contributed by atoms with van der Waals surface area (Å²) in [6, 6.07) is 17.0. The Kier molecular flexibility index (Phi) is 4.64. The third-order valence-corrected chi connectivity index (χ3v) is 2.94. The van der Waals surface area contributed by atoms with E-state index in [0.29, 0.717) is 6.54 Å². The van der Waals surface area contributed by atoms with Gasteiger partial charge in [-0.05, 0) is 18.5 Å². The van der Waals surface area contributed by atoms with Gasteiger partial charge in [0.05, 0.1) is 4.92 Å². The molecule has 98 valence electrons. The van der Waals surface area contributed by atoms with Crippen molar-refractivity contribution in [2.75, 3.05) is 6.54 Å². The van der Waals surface area contributed by atoms with Gasteiger partial charge in [0, 0.05) is 18.2 Å². The normalized spacial score (nSPS) is 10.3. The van der Waals surface area contributed by atoms with Crippen LogP contribution < -0.4 is 5.32 Å². The first kappa shape index (κ1) is 13.2. The number of benzene rings is 2. The fraction of sp³-hybridized carbons (Fsp3) is 0.200. The van der Waals surface area contributed by atoms with Crippen LogP contribution in [0.3, 0.4) is 0 Å². The minimum Gasteiger partial charge on any atom is -0.312 e. The maximum Gasteiger partial charge on any atom is 0.273 e. The number of hydrogen-bond acceptors (Lipinski definition) is 3. The van der Waals surface area contributed by atoms with Gasteiger partial charge in [-0.3, -0.25) is 10.1 Å². The largest absolute Gasteiger partial charge is 0.312 e. The summed E-state index contributed by atoms with van der Waals surface area (Å²) in [7, 11) is 0. The fourth-order valence-corrected chi connectivity index (χ4v) is 1.94. The van der Waals surface area contributed by atoms with E-state index in [0.717, 1.165) is 18.5 Å². The predicted molar refractivity (Wildman–Crippen MR) is 74.9 cm³/mol. The lowest BCUT2D eigenvalue weighted by Gasteiger charge is -2.05. The van der Waals surface area contributed by atoms with Crippen LogP contribution in [0.1, 0.15) is 11.1 Å². The van der Waals surface area contributed by atoms with Crippen molar-refractivity contribution in [2.45, 2.75) is 13.0 Å². The topological polar surface area (TPSA) is 55.2 Å². The summed E-state index contributed by atoms with van der Waals surface area (Å²) in [5.41, 5.74) is 2.16. The highest BCUT2D eigenvalue weighted by atomic mass is 16.6. The van der Waals surface area contributed by atoms with Crippen LogP contribution in [0.25, 0.3) is 0 Å². The molecule has 0 unspecified atom stereocenters. The second-order valence-electron chi connectivity index (χ2n) is 4.30. The molecule has 0 aliphatic rings. The van der Waals surface area contributed by atoms with Crippen LogP contribution in [0.4, 0.5) is 5.69 Å². The monoisotopic (exact) mass is 256 g/mol. The first-order valence-corrected chi connectivity index (χ1v) is 6.24. The molecule has 4 nitrogen and oxygen atoms in total. The van der Waals surface area contributed by atoms with Crippen LogP contribution in [0, 0.1) is 10.1 Å². The average Bonchev–Trinajstić information content (AvgIpc) is 2.45. The van der Waals surface area contributed by atoms with E-state index in [9.17, 15) is 10.1 Å². The quantitative estimate of drug-likeness (QED) is 0.491. The van der Waals surface area contributed by atoms with E-state index >= 15 is 0 Å². The number of nitro benzene ring substituents is 1. The molecule has 19 heavy (non-hydrogen) atoms. The molecule has 0 atom stereocenters. The van der Waals surface area contributed by atoms with E-state index in [1.807, 2.05) is 24.3 Å². The lowest BCUT2D eigenvalue weighted by molar-refractivity contribution is -0.385. The van der Waals surface area contributed by atoms with E-state index in [2.05, 4.69) is 17.4 Å². The standard InChI is InChI=1S/C15H16N2O2/c18-17(19)15-9-5-4-8-14(15)12-16-11-10-13-6-2-1-3-7-13/h1-9,16H,10-12H2. The smallest absolute Gasteiger partial charge is 0.273 e. The number of rotatable bonds is 6. The molecule has 4 heteroatoms. The maximum absolute atomic E-state index is 10.9. The molecule has 0 saturated carbocycles. The Balaban J connectivity index is 1.85. The van der Waals surface area contributed by atoms with E-state index in [-0.39, 0.29) is 10.6 Å². The Morgan fingerprint density at radius 2 is 1.68 bits per heavy atom. The van der Waals surface area contributed by atoms with Crippen LogP contribution in [0.5, 0.6) is 0 Å². The number of nitrogens with zero attached hydrogens (tertiary/aromatic N) is 1. The third-order valence-electron chi connectivity index (χ3n) is 2.94. The third kappa shape index (κ3) is 3.89. The van der Waals surface area contributed by atoms with Gasteiger partial charge < -0.3 is 5.32 Å². The molecule has 0 heterocycles. The molecule has 1 N–H and O–H groups in total. The molecule has 0 fully saturated rings. The Labute approximate surface area is 112 Å². The Morgan fingerprint density at radius 3 is 2.42 bits per heavy atom. The summed E-state index contributed by atoms with van der Waals surface area (Å²) in [4.78, 5) is 10.5. The molecule has 0 radical (unpaired) electrons. The summed E-state index contributed by atoms with van der Waals surface area (Å²) in [5.74, 6) is 0. The highest BCUT2D eigenvalue weighted by molar-refractivity contribution is 5.39. The Bertz CT molecular complexity index is 541. The van der Waals surface area contributed by atoms with Crippen molar-refractivity contribution in [3.63, 3.8) is 0 Å². The molecular formula is C15H16N2O2. The lowest BCUT2D eigenvalue weighted by Crippen LogP contribution is -2.17.